The van der Waals surface area contributed by atoms with Crippen molar-refractivity contribution in [1.29, 1.82) is 0 Å². The van der Waals surface area contributed by atoms with Crippen molar-refractivity contribution in [3.8, 4) is 0 Å². The van der Waals surface area contributed by atoms with Crippen LogP contribution in [0.2, 0.25) is 0 Å². The van der Waals surface area contributed by atoms with Gasteiger partial charge in [0.25, 0.3) is 0 Å². The van der Waals surface area contributed by atoms with Crippen molar-refractivity contribution in [2.45, 2.75) is 10.9 Å². The van der Waals surface area contributed by atoms with E-state index in [0.29, 0.717) is 13.1 Å². The molecule has 0 aromatic carbocycles. The number of imidazole rings is 1. The zero-order valence-corrected chi connectivity index (χ0v) is 15.9. The average Bonchev–Trinajstić information content (AvgIpc) is 3.17. The third-order valence-corrected chi connectivity index (χ3v) is 5.61. The van der Waals surface area contributed by atoms with Crippen LogP contribution in [-0.2, 0) is 24.1 Å². The molecule has 2 aromatic rings. The third-order valence-electron chi connectivity index (χ3n) is 4.19. The SMILES string of the molecule is Cl.Cn1cc(S(=O)(=O)NCCN2CCNCC2c2nccn2C)cn1. The van der Waals surface area contributed by atoms with Crippen LogP contribution in [0.25, 0.3) is 0 Å². The molecule has 1 saturated heterocycles. The molecule has 0 amide bonds. The molecule has 0 bridgehead atoms. The highest BCUT2D eigenvalue weighted by Crippen LogP contribution is 2.19. The zero-order chi connectivity index (χ0) is 17.2. The molecule has 11 heteroatoms. The Hall–Kier alpha value is -1.46. The van der Waals surface area contributed by atoms with Gasteiger partial charge in [0.1, 0.15) is 10.7 Å². The Morgan fingerprint density at radius 1 is 1.40 bits per heavy atom. The summed E-state index contributed by atoms with van der Waals surface area (Å²) in [5.41, 5.74) is 0. The number of hydrogen-bond acceptors (Lipinski definition) is 6. The number of aromatic nitrogens is 4. The van der Waals surface area contributed by atoms with Gasteiger partial charge >= 0.3 is 0 Å². The maximum absolute atomic E-state index is 12.2. The minimum atomic E-state index is -3.52. The van der Waals surface area contributed by atoms with Gasteiger partial charge in [0, 0.05) is 65.4 Å². The van der Waals surface area contributed by atoms with E-state index in [4.69, 9.17) is 0 Å². The molecule has 0 radical (unpaired) electrons. The van der Waals surface area contributed by atoms with Crippen LogP contribution < -0.4 is 10.0 Å². The van der Waals surface area contributed by atoms with Gasteiger partial charge in [-0.3, -0.25) is 9.58 Å². The van der Waals surface area contributed by atoms with E-state index in [0.717, 1.165) is 25.5 Å². The van der Waals surface area contributed by atoms with Crippen LogP contribution in [0.4, 0.5) is 0 Å². The Labute approximate surface area is 153 Å². The minimum Gasteiger partial charge on any atom is -0.337 e. The smallest absolute Gasteiger partial charge is 0.243 e. The predicted molar refractivity (Wildman–Crippen MR) is 96.0 cm³/mol. The fourth-order valence-corrected chi connectivity index (χ4v) is 3.92. The second-order valence-corrected chi connectivity index (χ2v) is 7.67. The molecule has 1 aliphatic heterocycles. The Morgan fingerprint density at radius 2 is 2.20 bits per heavy atom. The summed E-state index contributed by atoms with van der Waals surface area (Å²) < 4.78 is 30.6. The number of rotatable bonds is 6. The lowest BCUT2D eigenvalue weighted by molar-refractivity contribution is 0.156. The standard InChI is InChI=1S/C14H23N7O2S.ClH/c1-19-6-4-16-14(19)13-10-15-3-7-21(13)8-5-18-24(22,23)12-9-17-20(2)11-12;/h4,6,9,11,13,15,18H,3,5,7-8,10H2,1-2H3;1H. The summed E-state index contributed by atoms with van der Waals surface area (Å²) >= 11 is 0. The minimum absolute atomic E-state index is 0. The fraction of sp³-hybridized carbons (Fsp3) is 0.571. The summed E-state index contributed by atoms with van der Waals surface area (Å²) in [6.07, 6.45) is 6.55. The molecule has 3 rings (SSSR count). The van der Waals surface area contributed by atoms with Gasteiger partial charge in [-0.1, -0.05) is 0 Å². The lowest BCUT2D eigenvalue weighted by atomic mass is 10.2. The van der Waals surface area contributed by atoms with E-state index in [1.54, 1.807) is 13.2 Å². The van der Waals surface area contributed by atoms with E-state index in [1.807, 2.05) is 17.8 Å². The molecule has 1 aliphatic rings. The first-order valence-corrected chi connectivity index (χ1v) is 9.36. The van der Waals surface area contributed by atoms with Crippen LogP contribution in [0.3, 0.4) is 0 Å². The van der Waals surface area contributed by atoms with E-state index in [2.05, 4.69) is 25.0 Å². The van der Waals surface area contributed by atoms with Gasteiger partial charge in [-0.2, -0.15) is 5.10 Å². The van der Waals surface area contributed by atoms with Crippen LogP contribution in [0, 0.1) is 0 Å². The van der Waals surface area contributed by atoms with Gasteiger partial charge in [-0.15, -0.1) is 12.4 Å². The van der Waals surface area contributed by atoms with Crippen molar-refractivity contribution < 1.29 is 8.42 Å². The first-order chi connectivity index (χ1) is 11.5. The number of nitrogens with one attached hydrogen (secondary N) is 2. The van der Waals surface area contributed by atoms with Crippen molar-refractivity contribution in [2.24, 2.45) is 14.1 Å². The molecule has 25 heavy (non-hydrogen) atoms. The van der Waals surface area contributed by atoms with E-state index in [1.165, 1.54) is 17.1 Å². The molecular weight excluding hydrogens is 366 g/mol. The number of piperazine rings is 1. The van der Waals surface area contributed by atoms with Crippen molar-refractivity contribution >= 4 is 22.4 Å². The van der Waals surface area contributed by atoms with E-state index < -0.39 is 10.0 Å². The van der Waals surface area contributed by atoms with Crippen molar-refractivity contribution in [3.05, 3.63) is 30.6 Å². The molecule has 1 atom stereocenters. The highest BCUT2D eigenvalue weighted by Gasteiger charge is 2.26. The fourth-order valence-electron chi connectivity index (χ4n) is 2.91. The lowest BCUT2D eigenvalue weighted by Gasteiger charge is -2.35. The molecule has 9 nitrogen and oxygen atoms in total. The van der Waals surface area contributed by atoms with Crippen LogP contribution in [0.1, 0.15) is 11.9 Å². The monoisotopic (exact) mass is 389 g/mol. The number of aryl methyl sites for hydroxylation is 2. The normalized spacial score (nSPS) is 18.9. The quantitative estimate of drug-likeness (QED) is 0.691. The summed E-state index contributed by atoms with van der Waals surface area (Å²) in [5.74, 6) is 0.984. The Bertz CT molecular complexity index is 789. The van der Waals surface area contributed by atoms with Crippen molar-refractivity contribution in [2.75, 3.05) is 32.7 Å². The predicted octanol–water partition coefficient (Wildman–Crippen LogP) is -0.500. The van der Waals surface area contributed by atoms with E-state index >= 15 is 0 Å². The highest BCUT2D eigenvalue weighted by molar-refractivity contribution is 7.89. The molecule has 1 fully saturated rings. The largest absolute Gasteiger partial charge is 0.337 e. The molecule has 3 heterocycles. The number of halogens is 1. The summed E-state index contributed by atoms with van der Waals surface area (Å²) in [4.78, 5) is 6.87. The summed E-state index contributed by atoms with van der Waals surface area (Å²) in [7, 11) is 0.148. The summed E-state index contributed by atoms with van der Waals surface area (Å²) in [6.45, 7) is 3.51. The van der Waals surface area contributed by atoms with Gasteiger partial charge in [0.2, 0.25) is 10.0 Å². The van der Waals surface area contributed by atoms with Gasteiger partial charge < -0.3 is 9.88 Å². The zero-order valence-electron chi connectivity index (χ0n) is 14.3. The van der Waals surface area contributed by atoms with Gasteiger partial charge in [0.15, 0.2) is 0 Å². The summed E-state index contributed by atoms with van der Waals surface area (Å²) in [5, 5.41) is 7.28. The van der Waals surface area contributed by atoms with Crippen LogP contribution in [-0.4, -0.2) is 65.4 Å². The molecule has 0 saturated carbocycles. The number of nitrogens with zero attached hydrogens (tertiary/aromatic N) is 5. The summed E-state index contributed by atoms with van der Waals surface area (Å²) in [6, 6.07) is 0.140. The number of hydrogen-bond donors (Lipinski definition) is 2. The lowest BCUT2D eigenvalue weighted by Crippen LogP contribution is -2.49. The molecule has 0 spiro atoms. The van der Waals surface area contributed by atoms with Gasteiger partial charge in [-0.05, 0) is 0 Å². The van der Waals surface area contributed by atoms with Crippen LogP contribution >= 0.6 is 12.4 Å². The Kier molecular flexibility index (Phi) is 6.58. The maximum atomic E-state index is 12.2. The van der Waals surface area contributed by atoms with E-state index in [9.17, 15) is 8.42 Å². The topological polar surface area (TPSA) is 97.1 Å². The molecule has 2 aromatic heterocycles. The van der Waals surface area contributed by atoms with Gasteiger partial charge in [-0.25, -0.2) is 18.1 Å². The van der Waals surface area contributed by atoms with Crippen molar-refractivity contribution in [3.63, 3.8) is 0 Å². The Morgan fingerprint density at radius 3 is 2.84 bits per heavy atom. The molecule has 0 aliphatic carbocycles. The molecule has 2 N–H and O–H groups in total. The first-order valence-electron chi connectivity index (χ1n) is 7.87. The molecule has 140 valence electrons. The van der Waals surface area contributed by atoms with Crippen LogP contribution in [0.15, 0.2) is 29.7 Å². The maximum Gasteiger partial charge on any atom is 0.243 e. The van der Waals surface area contributed by atoms with Crippen LogP contribution in [0.5, 0.6) is 0 Å². The highest BCUT2D eigenvalue weighted by atomic mass is 35.5. The first kappa shape index (κ1) is 19.9. The second-order valence-electron chi connectivity index (χ2n) is 5.90. The van der Waals surface area contributed by atoms with E-state index in [-0.39, 0.29) is 23.3 Å². The average molecular weight is 390 g/mol. The number of sulfonamides is 1. The second kappa shape index (κ2) is 8.28. The third kappa shape index (κ3) is 4.59. The van der Waals surface area contributed by atoms with Gasteiger partial charge in [0.05, 0.1) is 12.2 Å². The Balaban J connectivity index is 0.00000225. The molecule has 1 unspecified atom stereocenters. The van der Waals surface area contributed by atoms with Crippen molar-refractivity contribution in [1.82, 2.24) is 34.3 Å². The molecular formula is C14H24ClN7O2S.